The highest BCUT2D eigenvalue weighted by Crippen LogP contribution is 2.51. The number of nitrogens with one attached hydrogen (secondary N) is 2. The first-order valence-corrected chi connectivity index (χ1v) is 18.1. The highest BCUT2D eigenvalue weighted by Gasteiger charge is 2.49. The first kappa shape index (κ1) is 34.9. The minimum atomic E-state index is -0.245. The Labute approximate surface area is 292 Å². The van der Waals surface area contributed by atoms with E-state index in [4.69, 9.17) is 9.47 Å². The Morgan fingerprint density at radius 3 is 2.43 bits per heavy atom. The molecule has 1 spiro atoms. The molecule has 2 aromatic carbocycles. The van der Waals surface area contributed by atoms with Crippen LogP contribution in [0.4, 0.5) is 16.2 Å². The number of likely N-dealkylation sites (tertiary alicyclic amines) is 1. The molecule has 2 fully saturated rings. The van der Waals surface area contributed by atoms with Gasteiger partial charge in [-0.05, 0) is 125 Å². The molecule has 9 nitrogen and oxygen atoms in total. The monoisotopic (exact) mass is 669 g/mol. The number of nitrogens with zero attached hydrogens (tertiary/aromatic N) is 3. The number of likely N-dealkylation sites (N-methyl/N-ethyl adjacent to an activating group) is 1. The fourth-order valence-corrected chi connectivity index (χ4v) is 8.95. The zero-order valence-electron chi connectivity index (χ0n) is 30.7. The number of anilines is 2. The van der Waals surface area contributed by atoms with E-state index in [2.05, 4.69) is 105 Å². The van der Waals surface area contributed by atoms with Crippen LogP contribution in [0.3, 0.4) is 0 Å². The number of methoxy groups -OCH3 is 1. The Bertz CT molecular complexity index is 1650. The van der Waals surface area contributed by atoms with Crippen LogP contribution < -0.4 is 20.4 Å². The lowest BCUT2D eigenvalue weighted by atomic mass is 9.70. The van der Waals surface area contributed by atoms with E-state index in [1.165, 1.54) is 29.5 Å². The number of amides is 2. The quantitative estimate of drug-likeness (QED) is 0.346. The molecule has 49 heavy (non-hydrogen) atoms. The second kappa shape index (κ2) is 14.1. The van der Waals surface area contributed by atoms with Gasteiger partial charge in [-0.2, -0.15) is 0 Å². The second-order valence-electron chi connectivity index (χ2n) is 14.5. The Morgan fingerprint density at radius 1 is 1.06 bits per heavy atom. The maximum atomic E-state index is 14.1. The lowest BCUT2D eigenvalue weighted by molar-refractivity contribution is 0.0846. The van der Waals surface area contributed by atoms with Gasteiger partial charge in [0.1, 0.15) is 0 Å². The molecule has 0 bridgehead atoms. The number of fused-ring (bicyclic) bond motifs is 2. The molecule has 6 rings (SSSR count). The summed E-state index contributed by atoms with van der Waals surface area (Å²) in [6.07, 6.45) is 5.65. The highest BCUT2D eigenvalue weighted by molar-refractivity contribution is 5.99. The number of hydrogen-bond acceptors (Lipinski definition) is 7. The van der Waals surface area contributed by atoms with Crippen LogP contribution in [0, 0.1) is 6.92 Å². The summed E-state index contributed by atoms with van der Waals surface area (Å²) >= 11 is 0. The molecule has 0 saturated carbocycles. The molecule has 0 aromatic heterocycles. The number of ether oxygens (including phenoxy) is 2. The van der Waals surface area contributed by atoms with Gasteiger partial charge in [0.15, 0.2) is 0 Å². The van der Waals surface area contributed by atoms with E-state index in [1.54, 1.807) is 0 Å². The maximum Gasteiger partial charge on any atom is 0.409 e. The van der Waals surface area contributed by atoms with Crippen molar-refractivity contribution in [2.24, 2.45) is 0 Å². The molecule has 0 radical (unpaired) electrons. The lowest BCUT2D eigenvalue weighted by Crippen LogP contribution is -2.50. The van der Waals surface area contributed by atoms with Crippen LogP contribution in [0.25, 0.3) is 11.1 Å². The summed E-state index contributed by atoms with van der Waals surface area (Å²) in [5.74, 6) is -0.0503. The van der Waals surface area contributed by atoms with Crippen molar-refractivity contribution >= 4 is 23.4 Å². The van der Waals surface area contributed by atoms with Gasteiger partial charge < -0.3 is 34.8 Å². The fraction of sp³-hybridized carbons (Fsp3) is 0.550. The van der Waals surface area contributed by atoms with Crippen molar-refractivity contribution in [3.8, 4) is 11.1 Å². The van der Waals surface area contributed by atoms with E-state index in [9.17, 15) is 9.59 Å². The Kier molecular flexibility index (Phi) is 10.0. The van der Waals surface area contributed by atoms with E-state index in [0.717, 1.165) is 73.5 Å². The number of hydrogen-bond donors (Lipinski definition) is 2. The topological polar surface area (TPSA) is 86.4 Å². The van der Waals surface area contributed by atoms with Gasteiger partial charge in [0, 0.05) is 92.6 Å². The van der Waals surface area contributed by atoms with E-state index < -0.39 is 0 Å². The average molecular weight is 670 g/mol. The van der Waals surface area contributed by atoms with Gasteiger partial charge in [0.25, 0.3) is 5.91 Å². The first-order valence-electron chi connectivity index (χ1n) is 18.1. The number of dihydropyridines is 1. The smallest absolute Gasteiger partial charge is 0.409 e. The molecule has 2 atom stereocenters. The van der Waals surface area contributed by atoms with Crippen molar-refractivity contribution in [1.29, 1.82) is 0 Å². The number of allylic oxidation sites excluding steroid dienone is 3. The third kappa shape index (κ3) is 6.42. The second-order valence-corrected chi connectivity index (χ2v) is 14.5. The minimum absolute atomic E-state index is 0.0235. The van der Waals surface area contributed by atoms with Crippen molar-refractivity contribution in [3.63, 3.8) is 0 Å². The number of benzene rings is 2. The van der Waals surface area contributed by atoms with Crippen LogP contribution in [-0.4, -0.2) is 88.6 Å². The van der Waals surface area contributed by atoms with E-state index in [-0.39, 0.29) is 23.5 Å². The number of piperidine rings is 1. The molecular weight excluding hydrogens is 614 g/mol. The first-order chi connectivity index (χ1) is 23.5. The van der Waals surface area contributed by atoms with Crippen molar-refractivity contribution in [2.45, 2.75) is 90.8 Å². The molecule has 4 heterocycles. The number of carbonyl (C=O) groups excluding carboxylic acids is 2. The molecule has 2 aromatic rings. The van der Waals surface area contributed by atoms with Gasteiger partial charge in [-0.15, -0.1) is 0 Å². The summed E-state index contributed by atoms with van der Waals surface area (Å²) in [6, 6.07) is 12.1. The van der Waals surface area contributed by atoms with Gasteiger partial charge >= 0.3 is 6.09 Å². The summed E-state index contributed by atoms with van der Waals surface area (Å²) in [6.45, 7) is 17.2. The fourth-order valence-electron chi connectivity index (χ4n) is 8.95. The third-order valence-electron chi connectivity index (χ3n) is 12.0. The van der Waals surface area contributed by atoms with E-state index in [1.807, 2.05) is 4.90 Å². The van der Waals surface area contributed by atoms with Crippen molar-refractivity contribution < 1.29 is 19.1 Å². The molecule has 9 heteroatoms. The molecule has 264 valence electrons. The molecule has 2 amide bonds. The van der Waals surface area contributed by atoms with Gasteiger partial charge in [-0.3, -0.25) is 4.79 Å². The molecule has 4 aliphatic rings. The van der Waals surface area contributed by atoms with Crippen molar-refractivity contribution in [3.05, 3.63) is 69.9 Å². The summed E-state index contributed by atoms with van der Waals surface area (Å²) in [5, 5.41) is 6.79. The van der Waals surface area contributed by atoms with Crippen molar-refractivity contribution in [1.82, 2.24) is 15.5 Å². The van der Waals surface area contributed by atoms with Crippen LogP contribution in [-0.2, 0) is 14.9 Å². The molecule has 0 aliphatic carbocycles. The van der Waals surface area contributed by atoms with Crippen molar-refractivity contribution in [2.75, 3.05) is 63.4 Å². The average Bonchev–Trinajstić information content (AvgIpc) is 3.30. The Balaban J connectivity index is 1.37. The standard InChI is InChI=1S/C40H55N5O4/c1-9-45(32-12-18-49-19-13-32)36-23-31(21-33(27(36)4)38(46)41-24-34-25(2)20-26(3)42-28(34)5)30-10-11-35-37(22-30)43(7)29(6)40(35)14-16-44(17-15-40)39(47)48-8/h10-11,20-23,28-29,32,42H,9,12-19,24H2,1-8H3,(H,41,46). The zero-order chi connectivity index (χ0) is 35.0. The van der Waals surface area contributed by atoms with Gasteiger partial charge in [0.2, 0.25) is 0 Å². The molecule has 2 unspecified atom stereocenters. The predicted octanol–water partition coefficient (Wildman–Crippen LogP) is 6.55. The summed E-state index contributed by atoms with van der Waals surface area (Å²) in [4.78, 5) is 33.1. The Hall–Kier alpha value is -3.98. The van der Waals surface area contributed by atoms with Gasteiger partial charge in [-0.25, -0.2) is 4.79 Å². The summed E-state index contributed by atoms with van der Waals surface area (Å²) in [7, 11) is 3.64. The molecule has 2 saturated heterocycles. The molecular formula is C40H55N5O4. The van der Waals surface area contributed by atoms with Gasteiger partial charge in [-0.1, -0.05) is 12.1 Å². The van der Waals surface area contributed by atoms with Crippen LogP contribution in [0.1, 0.15) is 81.8 Å². The summed E-state index contributed by atoms with van der Waals surface area (Å²) in [5.41, 5.74) is 11.1. The van der Waals surface area contributed by atoms with Crippen LogP contribution in [0.2, 0.25) is 0 Å². The minimum Gasteiger partial charge on any atom is -0.453 e. The number of carbonyl (C=O) groups is 2. The molecule has 4 aliphatic heterocycles. The van der Waals surface area contributed by atoms with Crippen LogP contribution >= 0.6 is 0 Å². The largest absolute Gasteiger partial charge is 0.453 e. The maximum absolute atomic E-state index is 14.1. The zero-order valence-corrected chi connectivity index (χ0v) is 30.7. The number of rotatable bonds is 7. The highest BCUT2D eigenvalue weighted by atomic mass is 16.5. The third-order valence-corrected chi connectivity index (χ3v) is 12.0. The lowest BCUT2D eigenvalue weighted by Gasteiger charge is -2.42. The normalized spacial score (nSPS) is 22.1. The van der Waals surface area contributed by atoms with E-state index in [0.29, 0.717) is 37.3 Å². The van der Waals surface area contributed by atoms with Crippen LogP contribution in [0.5, 0.6) is 0 Å². The Morgan fingerprint density at radius 2 is 1.78 bits per heavy atom. The van der Waals surface area contributed by atoms with E-state index >= 15 is 0 Å². The van der Waals surface area contributed by atoms with Gasteiger partial charge in [0.05, 0.1) is 7.11 Å². The van der Waals surface area contributed by atoms with Crippen LogP contribution in [0.15, 0.2) is 53.3 Å². The SMILES string of the molecule is CCN(c1cc(-c2ccc3c(c2)N(C)C(C)C32CCN(C(=O)OC)CC2)cc(C(=O)NCC2=C(C)C=C(C)NC2C)c1C)C1CCOCC1. The molecule has 2 N–H and O–H groups in total. The predicted molar refractivity (Wildman–Crippen MR) is 198 cm³/mol. The summed E-state index contributed by atoms with van der Waals surface area (Å²) < 4.78 is 10.7.